The fourth-order valence-corrected chi connectivity index (χ4v) is 8.48. The van der Waals surface area contributed by atoms with Gasteiger partial charge in [0, 0.05) is 91.2 Å². The molecule has 0 N–H and O–H groups in total. The summed E-state index contributed by atoms with van der Waals surface area (Å²) >= 11 is 6.90. The number of piperidine rings is 1. The zero-order valence-electron chi connectivity index (χ0n) is 30.7. The van der Waals surface area contributed by atoms with Gasteiger partial charge in [0.05, 0.1) is 10.6 Å². The van der Waals surface area contributed by atoms with Crippen molar-refractivity contribution >= 4 is 22.4 Å². The van der Waals surface area contributed by atoms with E-state index in [1.54, 1.807) is 18.5 Å². The summed E-state index contributed by atoms with van der Waals surface area (Å²) in [7, 11) is 1.54. The first-order valence-electron chi connectivity index (χ1n) is 18.3. The second kappa shape index (κ2) is 18.3. The van der Waals surface area contributed by atoms with Gasteiger partial charge in [-0.3, -0.25) is 14.1 Å². The van der Waals surface area contributed by atoms with Crippen molar-refractivity contribution in [1.29, 1.82) is 5.26 Å². The van der Waals surface area contributed by atoms with Crippen molar-refractivity contribution in [3.8, 4) is 28.7 Å². The van der Waals surface area contributed by atoms with Crippen molar-refractivity contribution < 1.29 is 13.7 Å². The minimum atomic E-state index is -0.643. The van der Waals surface area contributed by atoms with Crippen LogP contribution in [0.1, 0.15) is 58.2 Å². The summed E-state index contributed by atoms with van der Waals surface area (Å²) < 4.78 is 24.6. The number of aromatic nitrogens is 1. The molecule has 2 fully saturated rings. The Hall–Kier alpha value is -3.78. The van der Waals surface area contributed by atoms with Gasteiger partial charge < -0.3 is 19.3 Å². The number of likely N-dealkylation sites (N-methyl/N-ethyl adjacent to an activating group) is 1. The van der Waals surface area contributed by atoms with Crippen LogP contribution in [-0.4, -0.2) is 81.7 Å². The van der Waals surface area contributed by atoms with Crippen LogP contribution in [0.25, 0.3) is 11.1 Å². The van der Waals surface area contributed by atoms with E-state index in [4.69, 9.17) is 21.1 Å². The molecule has 0 saturated carbocycles. The highest BCUT2D eigenvalue weighted by molar-refractivity contribution is 7.85. The molecule has 0 aliphatic carbocycles. The van der Waals surface area contributed by atoms with Crippen LogP contribution in [0.2, 0.25) is 5.02 Å². The summed E-state index contributed by atoms with van der Waals surface area (Å²) in [5.41, 5.74) is 9.66. The van der Waals surface area contributed by atoms with Gasteiger partial charge in [0.25, 0.3) is 0 Å². The van der Waals surface area contributed by atoms with Crippen LogP contribution in [0.5, 0.6) is 11.5 Å². The van der Waals surface area contributed by atoms with E-state index in [1.165, 1.54) is 47.1 Å². The number of nitrogens with zero attached hydrogens (tertiary/aromatic N) is 5. The van der Waals surface area contributed by atoms with Gasteiger partial charge in [-0.05, 0) is 92.3 Å². The lowest BCUT2D eigenvalue weighted by Gasteiger charge is -2.28. The van der Waals surface area contributed by atoms with Gasteiger partial charge >= 0.3 is 0 Å². The second-order valence-electron chi connectivity index (χ2n) is 14.1. The van der Waals surface area contributed by atoms with Crippen molar-refractivity contribution in [2.75, 3.05) is 57.8 Å². The second-order valence-corrected chi connectivity index (χ2v) is 16.2. The molecule has 2 aliphatic heterocycles. The van der Waals surface area contributed by atoms with Crippen LogP contribution in [0.3, 0.4) is 0 Å². The van der Waals surface area contributed by atoms with Gasteiger partial charge in [-0.15, -0.1) is 0 Å². The number of likely N-dealkylation sites (tertiary alicyclic amines) is 1. The lowest BCUT2D eigenvalue weighted by atomic mass is 9.91. The van der Waals surface area contributed by atoms with E-state index >= 15 is 0 Å². The fourth-order valence-electron chi connectivity index (χ4n) is 7.11. The van der Waals surface area contributed by atoms with Crippen molar-refractivity contribution in [3.05, 3.63) is 111 Å². The van der Waals surface area contributed by atoms with Gasteiger partial charge in [-0.2, -0.15) is 5.26 Å². The SMILES string of the molecule is Cc1c(COc2cc(OCc3cncc(C#N)c3)c(CN3CCCCC3)cc2Cl)cccc1-c1cccc(CN(C)CCN2CCS(=O)CC2)c1C. The number of benzene rings is 3. The number of ether oxygens (including phenoxy) is 2. The van der Waals surface area contributed by atoms with E-state index in [2.05, 4.69) is 83.0 Å². The van der Waals surface area contributed by atoms with E-state index in [-0.39, 0.29) is 6.61 Å². The molecule has 3 aromatic carbocycles. The number of hydrogen-bond acceptors (Lipinski definition) is 8. The van der Waals surface area contributed by atoms with Gasteiger partial charge in [-0.1, -0.05) is 54.4 Å². The minimum Gasteiger partial charge on any atom is -0.488 e. The number of hydrogen-bond donors (Lipinski definition) is 0. The Kier molecular flexibility index (Phi) is 13.4. The van der Waals surface area contributed by atoms with Gasteiger partial charge in [0.2, 0.25) is 0 Å². The molecule has 2 aliphatic rings. The molecule has 10 heteroatoms. The third-order valence-corrected chi connectivity index (χ3v) is 11.9. The van der Waals surface area contributed by atoms with Crippen molar-refractivity contribution in [2.24, 2.45) is 0 Å². The molecule has 8 nitrogen and oxygen atoms in total. The van der Waals surface area contributed by atoms with Crippen LogP contribution in [0.4, 0.5) is 0 Å². The predicted molar refractivity (Wildman–Crippen MR) is 210 cm³/mol. The number of nitriles is 1. The number of pyridine rings is 1. The molecule has 0 bridgehead atoms. The Morgan fingerprint density at radius 2 is 1.54 bits per heavy atom. The smallest absolute Gasteiger partial charge is 0.142 e. The molecule has 4 aromatic rings. The summed E-state index contributed by atoms with van der Waals surface area (Å²) in [4.78, 5) is 11.5. The summed E-state index contributed by atoms with van der Waals surface area (Å²) in [5.74, 6) is 2.88. The molecule has 6 rings (SSSR count). The zero-order chi connectivity index (χ0) is 36.5. The van der Waals surface area contributed by atoms with E-state index in [1.807, 2.05) is 12.1 Å². The van der Waals surface area contributed by atoms with Crippen LogP contribution < -0.4 is 9.47 Å². The highest BCUT2D eigenvalue weighted by atomic mass is 35.5. The molecule has 0 amide bonds. The van der Waals surface area contributed by atoms with Gasteiger partial charge in [0.1, 0.15) is 30.8 Å². The first-order chi connectivity index (χ1) is 25.3. The highest BCUT2D eigenvalue weighted by Crippen LogP contribution is 2.36. The first kappa shape index (κ1) is 38.0. The van der Waals surface area contributed by atoms with Crippen molar-refractivity contribution in [3.63, 3.8) is 0 Å². The molecule has 3 heterocycles. The van der Waals surface area contributed by atoms with Crippen LogP contribution in [0.15, 0.2) is 67.0 Å². The maximum atomic E-state index is 11.7. The topological polar surface area (TPSA) is 81.9 Å². The van der Waals surface area contributed by atoms with Crippen molar-refractivity contribution in [1.82, 2.24) is 19.7 Å². The minimum absolute atomic E-state index is 0.285. The molecule has 0 spiro atoms. The standard InChI is InChI=1S/C42H50ClN5O3S/c1-31-35(27-46(3)15-16-47-17-19-52(49)20-18-47)9-7-11-38(31)39-12-8-10-36(32(39)2)30-51-42-23-41(50-29-34-21-33(24-44)25-45-26-34)37(22-40(42)43)28-48-13-5-4-6-14-48/h7-12,21-23,25-26H,4-6,13-20,27-30H2,1-3H3. The van der Waals surface area contributed by atoms with Crippen LogP contribution in [-0.2, 0) is 37.1 Å². The zero-order valence-corrected chi connectivity index (χ0v) is 32.3. The van der Waals surface area contributed by atoms with Gasteiger partial charge in [-0.25, -0.2) is 0 Å². The Labute approximate surface area is 316 Å². The fraction of sp³-hybridized carbons (Fsp3) is 0.429. The molecular weight excluding hydrogens is 690 g/mol. The van der Waals surface area contributed by atoms with E-state index in [0.717, 1.165) is 86.3 Å². The molecule has 0 radical (unpaired) electrons. The predicted octanol–water partition coefficient (Wildman–Crippen LogP) is 7.53. The Bertz CT molecular complexity index is 1900. The molecule has 0 atom stereocenters. The lowest BCUT2D eigenvalue weighted by Crippen LogP contribution is -2.41. The Balaban J connectivity index is 1.16. The summed E-state index contributed by atoms with van der Waals surface area (Å²) in [6, 6.07) is 20.9. The van der Waals surface area contributed by atoms with E-state index in [0.29, 0.717) is 22.9 Å². The number of halogens is 1. The van der Waals surface area contributed by atoms with E-state index < -0.39 is 10.8 Å². The van der Waals surface area contributed by atoms with Gasteiger partial charge in [0.15, 0.2) is 0 Å². The third kappa shape index (κ3) is 10.00. The Morgan fingerprint density at radius 3 is 2.27 bits per heavy atom. The highest BCUT2D eigenvalue weighted by Gasteiger charge is 2.19. The summed E-state index contributed by atoms with van der Waals surface area (Å²) in [5, 5.41) is 9.90. The number of rotatable bonds is 14. The largest absolute Gasteiger partial charge is 0.488 e. The normalized spacial score (nSPS) is 15.8. The molecule has 274 valence electrons. The van der Waals surface area contributed by atoms with E-state index in [9.17, 15) is 9.47 Å². The quantitative estimate of drug-likeness (QED) is 0.131. The first-order valence-corrected chi connectivity index (χ1v) is 20.2. The molecular formula is C42H50ClN5O3S. The molecule has 1 aromatic heterocycles. The molecule has 52 heavy (non-hydrogen) atoms. The Morgan fingerprint density at radius 1 is 0.846 bits per heavy atom. The third-order valence-electron chi connectivity index (χ3n) is 10.3. The maximum absolute atomic E-state index is 11.7. The molecule has 0 unspecified atom stereocenters. The summed E-state index contributed by atoms with van der Waals surface area (Å²) in [6.45, 7) is 12.6. The average molecular weight is 740 g/mol. The lowest BCUT2D eigenvalue weighted by molar-refractivity contribution is 0.214. The summed E-state index contributed by atoms with van der Waals surface area (Å²) in [6.07, 6.45) is 6.94. The van der Waals surface area contributed by atoms with Crippen molar-refractivity contribution in [2.45, 2.75) is 59.4 Å². The van der Waals surface area contributed by atoms with Crippen LogP contribution >= 0.6 is 11.6 Å². The monoisotopic (exact) mass is 739 g/mol. The molecule has 2 saturated heterocycles. The average Bonchev–Trinajstić information content (AvgIpc) is 3.16. The van der Waals surface area contributed by atoms with Crippen LogP contribution in [0, 0.1) is 25.2 Å². The maximum Gasteiger partial charge on any atom is 0.142 e.